The van der Waals surface area contributed by atoms with Gasteiger partial charge >= 0.3 is 0 Å². The smallest absolute Gasteiger partial charge is 0.172 e. The van der Waals surface area contributed by atoms with Crippen molar-refractivity contribution in [3.63, 3.8) is 0 Å². The number of allylic oxidation sites excluding steroid dienone is 1. The molecule has 212 valence electrons. The molecule has 1 heterocycles. The number of rotatable bonds is 10. The molecule has 2 aliphatic rings. The normalized spacial score (nSPS) is 17.5. The Labute approximate surface area is 234 Å². The molecular weight excluding hydrogens is 515 g/mol. The van der Waals surface area contributed by atoms with Gasteiger partial charge in [0.2, 0.25) is 0 Å². The van der Waals surface area contributed by atoms with E-state index in [9.17, 15) is 8.92 Å². The standard InChI is InChI=1S/C33H36F3NO3/c1-3-38-31-15-14-28(22(2)33(31)35)30-7-4-6-24-20-26(40-36)12-13-29(24)32(30)23-8-10-25(11-9-23)39-27-16-19-37(21-27)18-5-17-34/h8-15,20,27H,3-7,16-19,21H2,1-2H3. The van der Waals surface area contributed by atoms with E-state index in [4.69, 9.17) is 9.47 Å². The molecule has 0 aromatic heterocycles. The van der Waals surface area contributed by atoms with Crippen LogP contribution in [-0.2, 0) is 6.42 Å². The van der Waals surface area contributed by atoms with Gasteiger partial charge in [0.15, 0.2) is 17.3 Å². The van der Waals surface area contributed by atoms with Crippen molar-refractivity contribution in [3.05, 3.63) is 88.2 Å². The van der Waals surface area contributed by atoms with E-state index in [2.05, 4.69) is 9.84 Å². The highest BCUT2D eigenvalue weighted by Crippen LogP contribution is 2.43. The van der Waals surface area contributed by atoms with E-state index >= 15 is 4.39 Å². The molecule has 3 aromatic carbocycles. The van der Waals surface area contributed by atoms with Crippen LogP contribution in [0.1, 0.15) is 60.4 Å². The van der Waals surface area contributed by atoms with E-state index < -0.39 is 0 Å². The minimum Gasteiger partial charge on any atom is -0.491 e. The summed E-state index contributed by atoms with van der Waals surface area (Å²) in [6.45, 7) is 6.19. The summed E-state index contributed by atoms with van der Waals surface area (Å²) in [5, 5.41) is 0. The summed E-state index contributed by atoms with van der Waals surface area (Å²) in [5.74, 6) is 0.853. The number of ether oxygens (including phenoxy) is 2. The molecule has 1 fully saturated rings. The average Bonchev–Trinajstić information content (AvgIpc) is 3.33. The number of aryl methyl sites for hydroxylation is 1. The Morgan fingerprint density at radius 1 is 0.975 bits per heavy atom. The molecule has 1 atom stereocenters. The summed E-state index contributed by atoms with van der Waals surface area (Å²) in [5.41, 5.74) is 6.37. The zero-order valence-electron chi connectivity index (χ0n) is 23.2. The van der Waals surface area contributed by atoms with Crippen LogP contribution in [0.4, 0.5) is 13.3 Å². The molecule has 4 nitrogen and oxygen atoms in total. The van der Waals surface area contributed by atoms with Crippen molar-refractivity contribution in [3.8, 4) is 17.2 Å². The van der Waals surface area contributed by atoms with E-state index in [0.29, 0.717) is 18.6 Å². The lowest BCUT2D eigenvalue weighted by molar-refractivity contribution is -0.00629. The molecule has 1 saturated heterocycles. The maximum atomic E-state index is 15.3. The van der Waals surface area contributed by atoms with Crippen molar-refractivity contribution in [1.82, 2.24) is 4.90 Å². The van der Waals surface area contributed by atoms with Crippen LogP contribution < -0.4 is 14.4 Å². The van der Waals surface area contributed by atoms with Crippen LogP contribution >= 0.6 is 0 Å². The molecule has 1 aliphatic heterocycles. The lowest BCUT2D eigenvalue weighted by Gasteiger charge is -2.20. The number of halogens is 3. The SMILES string of the molecule is CCOc1ccc(C2=C(c3ccc(OC4CCN(CCCF)C4)cc3)c3ccc(OF)cc3CCC2)c(C)c1F. The van der Waals surface area contributed by atoms with E-state index in [0.717, 1.165) is 84.5 Å². The van der Waals surface area contributed by atoms with Crippen LogP contribution in [0.25, 0.3) is 11.1 Å². The first-order valence-corrected chi connectivity index (χ1v) is 14.1. The first kappa shape index (κ1) is 28.1. The van der Waals surface area contributed by atoms with Crippen LogP contribution in [0.5, 0.6) is 17.2 Å². The number of fused-ring (bicyclic) bond motifs is 1. The molecule has 0 bridgehead atoms. The first-order chi connectivity index (χ1) is 19.5. The van der Waals surface area contributed by atoms with Gasteiger partial charge < -0.3 is 9.47 Å². The quantitative estimate of drug-likeness (QED) is 0.256. The van der Waals surface area contributed by atoms with Crippen LogP contribution in [0.15, 0.2) is 54.6 Å². The van der Waals surface area contributed by atoms with Gasteiger partial charge in [0.05, 0.1) is 13.3 Å². The Kier molecular flexibility index (Phi) is 9.00. The average molecular weight is 552 g/mol. The van der Waals surface area contributed by atoms with Crippen molar-refractivity contribution >= 4 is 11.1 Å². The second kappa shape index (κ2) is 12.8. The lowest BCUT2D eigenvalue weighted by atomic mass is 9.86. The molecule has 1 aliphatic carbocycles. The number of nitrogens with zero attached hydrogens (tertiary/aromatic N) is 1. The lowest BCUT2D eigenvalue weighted by Crippen LogP contribution is -2.26. The fourth-order valence-electron chi connectivity index (χ4n) is 5.94. The third-order valence-electron chi connectivity index (χ3n) is 7.87. The Bertz CT molecular complexity index is 1360. The molecule has 0 spiro atoms. The molecule has 7 heteroatoms. The Morgan fingerprint density at radius 3 is 2.50 bits per heavy atom. The molecule has 3 aromatic rings. The Hall–Kier alpha value is -3.45. The summed E-state index contributed by atoms with van der Waals surface area (Å²) in [7, 11) is 0. The molecule has 40 heavy (non-hydrogen) atoms. The van der Waals surface area contributed by atoms with Crippen molar-refractivity contribution < 1.29 is 27.7 Å². The van der Waals surface area contributed by atoms with Crippen molar-refractivity contribution in [2.75, 3.05) is 32.9 Å². The summed E-state index contributed by atoms with van der Waals surface area (Å²) in [6.07, 6.45) is 3.86. The fraction of sp³-hybridized carbons (Fsp3) is 0.394. The highest BCUT2D eigenvalue weighted by molar-refractivity contribution is 6.00. The summed E-state index contributed by atoms with van der Waals surface area (Å²) >= 11 is 0. The van der Waals surface area contributed by atoms with Crippen molar-refractivity contribution in [1.29, 1.82) is 0 Å². The van der Waals surface area contributed by atoms with Crippen molar-refractivity contribution in [2.45, 2.75) is 52.1 Å². The predicted molar refractivity (Wildman–Crippen MR) is 152 cm³/mol. The fourth-order valence-corrected chi connectivity index (χ4v) is 5.94. The van der Waals surface area contributed by atoms with Gasteiger partial charge in [0.25, 0.3) is 0 Å². The van der Waals surface area contributed by atoms with E-state index in [1.165, 1.54) is 0 Å². The van der Waals surface area contributed by atoms with Gasteiger partial charge in [-0.25, -0.2) is 4.39 Å². The molecule has 0 amide bonds. The van der Waals surface area contributed by atoms with Gasteiger partial charge in [-0.3, -0.25) is 14.2 Å². The summed E-state index contributed by atoms with van der Waals surface area (Å²) < 4.78 is 52.7. The molecule has 0 N–H and O–H groups in total. The van der Waals surface area contributed by atoms with Crippen LogP contribution in [0, 0.1) is 12.7 Å². The van der Waals surface area contributed by atoms with Gasteiger partial charge in [-0.15, -0.1) is 0 Å². The van der Waals surface area contributed by atoms with E-state index in [1.54, 1.807) is 25.1 Å². The van der Waals surface area contributed by atoms with Crippen LogP contribution in [0.2, 0.25) is 0 Å². The summed E-state index contributed by atoms with van der Waals surface area (Å²) in [4.78, 5) is 6.28. The third kappa shape index (κ3) is 5.99. The largest absolute Gasteiger partial charge is 0.491 e. The van der Waals surface area contributed by atoms with Gasteiger partial charge in [0, 0.05) is 24.2 Å². The van der Waals surface area contributed by atoms with Crippen LogP contribution in [0.3, 0.4) is 0 Å². The number of hydrogen-bond donors (Lipinski definition) is 0. The third-order valence-corrected chi connectivity index (χ3v) is 7.87. The van der Waals surface area contributed by atoms with Gasteiger partial charge in [-0.05, 0) is 115 Å². The van der Waals surface area contributed by atoms with Gasteiger partial charge in [-0.2, -0.15) is 0 Å². The molecule has 5 rings (SSSR count). The molecule has 0 radical (unpaired) electrons. The maximum absolute atomic E-state index is 15.3. The molecular formula is C33H36F3NO3. The zero-order chi connectivity index (χ0) is 28.1. The highest BCUT2D eigenvalue weighted by atomic mass is 19.3. The number of likely N-dealkylation sites (tertiary alicyclic amines) is 1. The maximum Gasteiger partial charge on any atom is 0.172 e. The Balaban J connectivity index is 1.52. The van der Waals surface area contributed by atoms with Crippen molar-refractivity contribution in [2.24, 2.45) is 0 Å². The monoisotopic (exact) mass is 551 g/mol. The summed E-state index contributed by atoms with van der Waals surface area (Å²) in [6, 6.07) is 16.9. The highest BCUT2D eigenvalue weighted by Gasteiger charge is 2.25. The zero-order valence-corrected chi connectivity index (χ0v) is 23.2. The van der Waals surface area contributed by atoms with E-state index in [-0.39, 0.29) is 30.1 Å². The predicted octanol–water partition coefficient (Wildman–Crippen LogP) is 7.90. The number of benzene rings is 3. The van der Waals surface area contributed by atoms with Crippen LogP contribution in [-0.4, -0.2) is 43.9 Å². The second-order valence-corrected chi connectivity index (χ2v) is 10.5. The molecule has 0 saturated carbocycles. The van der Waals surface area contributed by atoms with Gasteiger partial charge in [-0.1, -0.05) is 24.3 Å². The second-order valence-electron chi connectivity index (χ2n) is 10.5. The topological polar surface area (TPSA) is 30.9 Å². The Morgan fingerprint density at radius 2 is 1.75 bits per heavy atom. The molecule has 1 unspecified atom stereocenters. The van der Waals surface area contributed by atoms with Gasteiger partial charge in [0.1, 0.15) is 11.9 Å². The minimum atomic E-state index is -0.349. The minimum absolute atomic E-state index is 0.0763. The first-order valence-electron chi connectivity index (χ1n) is 14.1. The number of alkyl halides is 1. The van der Waals surface area contributed by atoms with E-state index in [1.807, 2.05) is 43.3 Å². The number of hydrogen-bond acceptors (Lipinski definition) is 4.